The summed E-state index contributed by atoms with van der Waals surface area (Å²) in [4.78, 5) is 22.2. The average Bonchev–Trinajstić information content (AvgIpc) is 2.28. The van der Waals surface area contributed by atoms with Gasteiger partial charge < -0.3 is 14.9 Å². The number of aliphatic carboxylic acids is 2. The van der Waals surface area contributed by atoms with Crippen LogP contribution in [0.5, 0.6) is 5.75 Å². The molecule has 18 heavy (non-hydrogen) atoms. The maximum absolute atomic E-state index is 11.1. The topological polar surface area (TPSA) is 83.8 Å². The third-order valence-corrected chi connectivity index (χ3v) is 2.97. The van der Waals surface area contributed by atoms with E-state index in [-0.39, 0.29) is 6.42 Å². The van der Waals surface area contributed by atoms with Gasteiger partial charge in [-0.2, -0.15) is 0 Å². The van der Waals surface area contributed by atoms with E-state index in [1.165, 1.54) is 13.2 Å². The van der Waals surface area contributed by atoms with Crippen molar-refractivity contribution in [3.05, 3.63) is 28.8 Å². The van der Waals surface area contributed by atoms with E-state index in [1.807, 2.05) is 0 Å². The number of hydrogen-bond acceptors (Lipinski definition) is 3. The molecule has 0 bridgehead atoms. The normalized spacial score (nSPS) is 11.1. The van der Waals surface area contributed by atoms with Gasteiger partial charge in [-0.1, -0.05) is 11.6 Å². The van der Waals surface area contributed by atoms with Crippen LogP contribution in [0.4, 0.5) is 0 Å². The van der Waals surface area contributed by atoms with Crippen LogP contribution in [-0.2, 0) is 16.0 Å². The molecular weight excluding hydrogens is 260 g/mol. The Hall–Kier alpha value is -1.75. The average molecular weight is 273 g/mol. The molecule has 1 aromatic carbocycles. The lowest BCUT2D eigenvalue weighted by atomic mass is 9.83. The van der Waals surface area contributed by atoms with Gasteiger partial charge in [-0.3, -0.25) is 9.59 Å². The van der Waals surface area contributed by atoms with Crippen LogP contribution >= 0.6 is 11.6 Å². The highest BCUT2D eigenvalue weighted by molar-refractivity contribution is 6.30. The molecule has 1 aromatic rings. The lowest BCUT2D eigenvalue weighted by Gasteiger charge is -2.21. The summed E-state index contributed by atoms with van der Waals surface area (Å²) in [6, 6.07) is 4.66. The molecule has 2 N–H and O–H groups in total. The van der Waals surface area contributed by atoms with Gasteiger partial charge in [0, 0.05) is 11.4 Å². The summed E-state index contributed by atoms with van der Waals surface area (Å²) in [5, 5.41) is 18.5. The number of carboxylic acid groups (broad SMARTS) is 2. The Labute approximate surface area is 109 Å². The van der Waals surface area contributed by atoms with Crippen molar-refractivity contribution in [1.82, 2.24) is 0 Å². The molecule has 0 amide bonds. The number of carbonyl (C=O) groups is 2. The molecule has 0 spiro atoms. The molecule has 0 saturated heterocycles. The van der Waals surface area contributed by atoms with E-state index in [1.54, 1.807) is 12.1 Å². The molecule has 0 aliphatic rings. The van der Waals surface area contributed by atoms with Crippen molar-refractivity contribution < 1.29 is 24.5 Å². The zero-order valence-electron chi connectivity index (χ0n) is 9.94. The van der Waals surface area contributed by atoms with E-state index >= 15 is 0 Å². The summed E-state index contributed by atoms with van der Waals surface area (Å²) >= 11 is 5.81. The van der Waals surface area contributed by atoms with E-state index in [2.05, 4.69) is 0 Å². The Bertz CT molecular complexity index is 469. The Kier molecular flexibility index (Phi) is 4.19. The highest BCUT2D eigenvalue weighted by Crippen LogP contribution is 2.30. The Morgan fingerprint density at radius 2 is 1.89 bits per heavy atom. The predicted molar refractivity (Wildman–Crippen MR) is 65.1 cm³/mol. The molecule has 0 heterocycles. The van der Waals surface area contributed by atoms with Gasteiger partial charge in [0.05, 0.1) is 7.11 Å². The summed E-state index contributed by atoms with van der Waals surface area (Å²) in [6.45, 7) is 1.15. The molecule has 0 fully saturated rings. The number of methoxy groups -OCH3 is 1. The van der Waals surface area contributed by atoms with Crippen LogP contribution in [0.2, 0.25) is 5.02 Å². The molecule has 1 rings (SSSR count). The first kappa shape index (κ1) is 14.3. The number of halogens is 1. The zero-order chi connectivity index (χ0) is 13.9. The Morgan fingerprint density at radius 3 is 2.33 bits per heavy atom. The fourth-order valence-electron chi connectivity index (χ4n) is 1.51. The first-order chi connectivity index (χ1) is 8.31. The third-order valence-electron chi connectivity index (χ3n) is 2.73. The highest BCUT2D eigenvalue weighted by Gasteiger charge is 2.42. The van der Waals surface area contributed by atoms with E-state index in [0.717, 1.165) is 6.92 Å². The van der Waals surface area contributed by atoms with Crippen LogP contribution in [0.15, 0.2) is 18.2 Å². The number of rotatable bonds is 5. The second kappa shape index (κ2) is 5.27. The highest BCUT2D eigenvalue weighted by atomic mass is 35.5. The largest absolute Gasteiger partial charge is 0.496 e. The van der Waals surface area contributed by atoms with Crippen molar-refractivity contribution in [3.8, 4) is 5.75 Å². The number of ether oxygens (including phenoxy) is 1. The second-order valence-corrected chi connectivity index (χ2v) is 4.51. The van der Waals surface area contributed by atoms with Crippen LogP contribution in [0.3, 0.4) is 0 Å². The first-order valence-electron chi connectivity index (χ1n) is 5.10. The minimum Gasteiger partial charge on any atom is -0.496 e. The smallest absolute Gasteiger partial charge is 0.321 e. The molecule has 0 aliphatic heterocycles. The van der Waals surface area contributed by atoms with E-state index in [4.69, 9.17) is 26.6 Å². The molecule has 98 valence electrons. The first-order valence-corrected chi connectivity index (χ1v) is 5.48. The SMILES string of the molecule is COc1ccc(Cl)cc1CC(C)(C(=O)O)C(=O)O. The fourth-order valence-corrected chi connectivity index (χ4v) is 1.70. The van der Waals surface area contributed by atoms with Crippen molar-refractivity contribution in [1.29, 1.82) is 0 Å². The number of carboxylic acids is 2. The summed E-state index contributed by atoms with van der Waals surface area (Å²) in [6.07, 6.45) is -0.207. The van der Waals surface area contributed by atoms with Crippen LogP contribution in [0.25, 0.3) is 0 Å². The van der Waals surface area contributed by atoms with Gasteiger partial charge in [0.2, 0.25) is 0 Å². The monoisotopic (exact) mass is 272 g/mol. The van der Waals surface area contributed by atoms with Crippen LogP contribution in [-0.4, -0.2) is 29.3 Å². The molecular formula is C12H13ClO5. The van der Waals surface area contributed by atoms with Gasteiger partial charge in [0.1, 0.15) is 5.75 Å². The zero-order valence-corrected chi connectivity index (χ0v) is 10.7. The van der Waals surface area contributed by atoms with Gasteiger partial charge in [0.25, 0.3) is 0 Å². The fraction of sp³-hybridized carbons (Fsp3) is 0.333. The van der Waals surface area contributed by atoms with Crippen LogP contribution < -0.4 is 4.74 Å². The minimum atomic E-state index is -1.92. The van der Waals surface area contributed by atoms with E-state index in [0.29, 0.717) is 16.3 Å². The molecule has 6 heteroatoms. The summed E-state index contributed by atoms with van der Waals surface area (Å²) < 4.78 is 5.06. The van der Waals surface area contributed by atoms with Gasteiger partial charge in [-0.15, -0.1) is 0 Å². The molecule has 0 unspecified atom stereocenters. The maximum Gasteiger partial charge on any atom is 0.321 e. The van der Waals surface area contributed by atoms with Crippen molar-refractivity contribution in [2.24, 2.45) is 5.41 Å². The maximum atomic E-state index is 11.1. The number of hydrogen-bond donors (Lipinski definition) is 2. The Morgan fingerprint density at radius 1 is 1.33 bits per heavy atom. The molecule has 0 aromatic heterocycles. The lowest BCUT2D eigenvalue weighted by molar-refractivity contribution is -0.163. The van der Waals surface area contributed by atoms with Crippen molar-refractivity contribution in [2.45, 2.75) is 13.3 Å². The van der Waals surface area contributed by atoms with Crippen molar-refractivity contribution in [2.75, 3.05) is 7.11 Å². The quantitative estimate of drug-likeness (QED) is 0.802. The second-order valence-electron chi connectivity index (χ2n) is 4.08. The molecule has 0 saturated carbocycles. The summed E-state index contributed by atoms with van der Waals surface area (Å²) in [5.41, 5.74) is -1.48. The molecule has 0 radical (unpaired) electrons. The standard InChI is InChI=1S/C12H13ClO5/c1-12(10(14)15,11(16)17)6-7-5-8(13)3-4-9(7)18-2/h3-5H,6H2,1-2H3,(H,14,15)(H,16,17). The van der Waals surface area contributed by atoms with Crippen LogP contribution in [0, 0.1) is 5.41 Å². The lowest BCUT2D eigenvalue weighted by Crippen LogP contribution is -2.38. The predicted octanol–water partition coefficient (Wildman–Crippen LogP) is 2.07. The minimum absolute atomic E-state index is 0.207. The van der Waals surface area contributed by atoms with E-state index < -0.39 is 17.4 Å². The molecule has 0 atom stereocenters. The van der Waals surface area contributed by atoms with Crippen LogP contribution in [0.1, 0.15) is 12.5 Å². The Balaban J connectivity index is 3.20. The van der Waals surface area contributed by atoms with Gasteiger partial charge >= 0.3 is 11.9 Å². The van der Waals surface area contributed by atoms with Crippen molar-refractivity contribution >= 4 is 23.5 Å². The van der Waals surface area contributed by atoms with Gasteiger partial charge in [0.15, 0.2) is 5.41 Å². The molecule has 5 nitrogen and oxygen atoms in total. The van der Waals surface area contributed by atoms with E-state index in [9.17, 15) is 9.59 Å². The number of benzene rings is 1. The van der Waals surface area contributed by atoms with Gasteiger partial charge in [-0.05, 0) is 30.7 Å². The third kappa shape index (κ3) is 2.73. The summed E-state index contributed by atoms with van der Waals surface area (Å²) in [7, 11) is 1.42. The van der Waals surface area contributed by atoms with Gasteiger partial charge in [-0.25, -0.2) is 0 Å². The molecule has 0 aliphatic carbocycles. The summed E-state index contributed by atoms with van der Waals surface area (Å²) in [5.74, 6) is -2.40. The van der Waals surface area contributed by atoms with Crippen molar-refractivity contribution in [3.63, 3.8) is 0 Å².